The number of benzene rings is 2. The number of para-hydroxylation sites is 2. The second-order valence-corrected chi connectivity index (χ2v) is 4.72. The van der Waals surface area contributed by atoms with E-state index in [2.05, 4.69) is 10.6 Å². The van der Waals surface area contributed by atoms with Crippen molar-refractivity contribution in [2.24, 2.45) is 0 Å². The Labute approximate surface area is 121 Å². The molecule has 2 aromatic carbocycles. The van der Waals surface area contributed by atoms with E-state index in [0.29, 0.717) is 16.4 Å². The van der Waals surface area contributed by atoms with E-state index in [1.165, 1.54) is 6.07 Å². The molecule has 0 unspecified atom stereocenters. The van der Waals surface area contributed by atoms with Crippen molar-refractivity contribution in [1.29, 1.82) is 0 Å². The molecule has 0 saturated heterocycles. The molecule has 0 radical (unpaired) electrons. The normalized spacial score (nSPS) is 10.2. The van der Waals surface area contributed by atoms with Crippen LogP contribution in [0.4, 0.5) is 15.8 Å². The maximum atomic E-state index is 13.6. The van der Waals surface area contributed by atoms with Gasteiger partial charge >= 0.3 is 0 Å². The third kappa shape index (κ3) is 3.48. The van der Waals surface area contributed by atoms with E-state index in [4.69, 9.17) is 11.6 Å². The Morgan fingerprint density at radius 2 is 1.95 bits per heavy atom. The van der Waals surface area contributed by atoms with Gasteiger partial charge in [0.2, 0.25) is 5.91 Å². The van der Waals surface area contributed by atoms with Crippen molar-refractivity contribution in [2.45, 2.75) is 6.92 Å². The fraction of sp³-hybridized carbons (Fsp3) is 0.133. The van der Waals surface area contributed by atoms with Crippen molar-refractivity contribution in [1.82, 2.24) is 0 Å². The molecule has 104 valence electrons. The molecule has 0 aliphatic heterocycles. The number of anilines is 2. The second-order valence-electron chi connectivity index (χ2n) is 4.31. The average Bonchev–Trinajstić information content (AvgIpc) is 2.41. The van der Waals surface area contributed by atoms with Crippen LogP contribution in [-0.2, 0) is 4.79 Å². The molecule has 0 bridgehead atoms. The lowest BCUT2D eigenvalue weighted by atomic mass is 10.2. The second kappa shape index (κ2) is 6.39. The first-order valence-corrected chi connectivity index (χ1v) is 6.49. The van der Waals surface area contributed by atoms with E-state index in [1.807, 2.05) is 0 Å². The fourth-order valence-corrected chi connectivity index (χ4v) is 1.96. The molecule has 0 spiro atoms. The first-order chi connectivity index (χ1) is 9.58. The molecule has 0 aliphatic carbocycles. The number of carbonyl (C=O) groups excluding carboxylic acids is 1. The van der Waals surface area contributed by atoms with Gasteiger partial charge in [0.1, 0.15) is 5.82 Å². The summed E-state index contributed by atoms with van der Waals surface area (Å²) in [4.78, 5) is 11.8. The summed E-state index contributed by atoms with van der Waals surface area (Å²) in [7, 11) is 0. The molecule has 0 heterocycles. The van der Waals surface area contributed by atoms with Crippen molar-refractivity contribution in [3.8, 4) is 0 Å². The third-order valence-corrected chi connectivity index (χ3v) is 3.13. The highest BCUT2D eigenvalue weighted by Gasteiger charge is 2.08. The van der Waals surface area contributed by atoms with Gasteiger partial charge < -0.3 is 10.6 Å². The van der Waals surface area contributed by atoms with Gasteiger partial charge in [-0.1, -0.05) is 35.9 Å². The molecule has 0 aliphatic rings. The highest BCUT2D eigenvalue weighted by Crippen LogP contribution is 2.21. The summed E-state index contributed by atoms with van der Waals surface area (Å²) in [5.74, 6) is -0.670. The summed E-state index contributed by atoms with van der Waals surface area (Å²) >= 11 is 5.94. The zero-order valence-electron chi connectivity index (χ0n) is 10.9. The minimum atomic E-state index is -0.379. The average molecular weight is 293 g/mol. The molecule has 3 nitrogen and oxygen atoms in total. The van der Waals surface area contributed by atoms with Gasteiger partial charge in [-0.15, -0.1) is 0 Å². The number of halogens is 2. The highest BCUT2D eigenvalue weighted by molar-refractivity contribution is 6.33. The largest absolute Gasteiger partial charge is 0.374 e. The Kier molecular flexibility index (Phi) is 4.58. The van der Waals surface area contributed by atoms with Crippen LogP contribution < -0.4 is 10.6 Å². The lowest BCUT2D eigenvalue weighted by Gasteiger charge is -2.11. The number of nitrogens with one attached hydrogen (secondary N) is 2. The number of amides is 1. The van der Waals surface area contributed by atoms with E-state index >= 15 is 0 Å². The van der Waals surface area contributed by atoms with E-state index in [0.717, 1.165) is 5.56 Å². The van der Waals surface area contributed by atoms with Crippen LogP contribution in [0.3, 0.4) is 0 Å². The quantitative estimate of drug-likeness (QED) is 0.899. The molecule has 2 N–H and O–H groups in total. The molecule has 0 aromatic heterocycles. The lowest BCUT2D eigenvalue weighted by molar-refractivity contribution is -0.114. The van der Waals surface area contributed by atoms with Crippen LogP contribution >= 0.6 is 11.6 Å². The topological polar surface area (TPSA) is 41.1 Å². The predicted molar refractivity (Wildman–Crippen MR) is 79.7 cm³/mol. The van der Waals surface area contributed by atoms with Gasteiger partial charge in [0.25, 0.3) is 0 Å². The van der Waals surface area contributed by atoms with Gasteiger partial charge in [-0.25, -0.2) is 4.39 Å². The SMILES string of the molecule is Cc1cccc(F)c1NCC(=O)Nc1ccccc1Cl. The Bertz CT molecular complexity index is 611. The zero-order chi connectivity index (χ0) is 14.5. The summed E-state index contributed by atoms with van der Waals surface area (Å²) in [6, 6.07) is 11.7. The molecular formula is C15H14ClFN2O. The van der Waals surface area contributed by atoms with E-state index in [-0.39, 0.29) is 18.3 Å². The van der Waals surface area contributed by atoms with Crippen LogP contribution in [-0.4, -0.2) is 12.5 Å². The van der Waals surface area contributed by atoms with Crippen LogP contribution in [0, 0.1) is 12.7 Å². The minimum Gasteiger partial charge on any atom is -0.374 e. The number of hydrogen-bond donors (Lipinski definition) is 2. The summed E-state index contributed by atoms with van der Waals surface area (Å²) in [5, 5.41) is 5.92. The van der Waals surface area contributed by atoms with Gasteiger partial charge in [-0.2, -0.15) is 0 Å². The molecule has 5 heteroatoms. The van der Waals surface area contributed by atoms with Crippen molar-refractivity contribution in [3.05, 3.63) is 58.9 Å². The van der Waals surface area contributed by atoms with Crippen molar-refractivity contribution in [2.75, 3.05) is 17.2 Å². The number of carbonyl (C=O) groups is 1. The monoisotopic (exact) mass is 292 g/mol. The predicted octanol–water partition coefficient (Wildman–Crippen LogP) is 3.84. The summed E-state index contributed by atoms with van der Waals surface area (Å²) in [5.41, 5.74) is 1.61. The van der Waals surface area contributed by atoms with E-state index in [1.54, 1.807) is 43.3 Å². The number of aryl methyl sites for hydroxylation is 1. The third-order valence-electron chi connectivity index (χ3n) is 2.80. The smallest absolute Gasteiger partial charge is 0.243 e. The van der Waals surface area contributed by atoms with Gasteiger partial charge in [-0.05, 0) is 30.7 Å². The number of hydrogen-bond acceptors (Lipinski definition) is 2. The summed E-state index contributed by atoms with van der Waals surface area (Å²) in [6.45, 7) is 1.74. The Hall–Kier alpha value is -2.07. The van der Waals surface area contributed by atoms with Gasteiger partial charge in [-0.3, -0.25) is 4.79 Å². The Morgan fingerprint density at radius 3 is 2.65 bits per heavy atom. The Balaban J connectivity index is 1.98. The molecular weight excluding hydrogens is 279 g/mol. The van der Waals surface area contributed by atoms with Gasteiger partial charge in [0.05, 0.1) is 22.9 Å². The van der Waals surface area contributed by atoms with Gasteiger partial charge in [0, 0.05) is 0 Å². The maximum absolute atomic E-state index is 13.6. The number of rotatable bonds is 4. The highest BCUT2D eigenvalue weighted by atomic mass is 35.5. The minimum absolute atomic E-state index is 0.0347. The van der Waals surface area contributed by atoms with E-state index < -0.39 is 0 Å². The van der Waals surface area contributed by atoms with Gasteiger partial charge in [0.15, 0.2) is 0 Å². The molecule has 0 saturated carbocycles. The molecule has 2 aromatic rings. The van der Waals surface area contributed by atoms with Crippen molar-refractivity contribution in [3.63, 3.8) is 0 Å². The molecule has 0 fully saturated rings. The zero-order valence-corrected chi connectivity index (χ0v) is 11.7. The van der Waals surface area contributed by atoms with Crippen LogP contribution in [0.1, 0.15) is 5.56 Å². The van der Waals surface area contributed by atoms with Crippen LogP contribution in [0.5, 0.6) is 0 Å². The van der Waals surface area contributed by atoms with Crippen molar-refractivity contribution < 1.29 is 9.18 Å². The van der Waals surface area contributed by atoms with Crippen LogP contribution in [0.25, 0.3) is 0 Å². The summed E-state index contributed by atoms with van der Waals surface area (Å²) in [6.07, 6.45) is 0. The fourth-order valence-electron chi connectivity index (χ4n) is 1.78. The van der Waals surface area contributed by atoms with E-state index in [9.17, 15) is 9.18 Å². The first kappa shape index (κ1) is 14.3. The van der Waals surface area contributed by atoms with Crippen molar-refractivity contribution >= 4 is 28.9 Å². The molecule has 2 rings (SSSR count). The molecule has 0 atom stereocenters. The lowest BCUT2D eigenvalue weighted by Crippen LogP contribution is -2.22. The summed E-state index contributed by atoms with van der Waals surface area (Å²) < 4.78 is 13.6. The maximum Gasteiger partial charge on any atom is 0.243 e. The van der Waals surface area contributed by atoms with Crippen LogP contribution in [0.2, 0.25) is 5.02 Å². The Morgan fingerprint density at radius 1 is 1.20 bits per heavy atom. The molecule has 1 amide bonds. The van der Waals surface area contributed by atoms with Crippen LogP contribution in [0.15, 0.2) is 42.5 Å². The molecule has 20 heavy (non-hydrogen) atoms. The first-order valence-electron chi connectivity index (χ1n) is 6.11. The standard InChI is InChI=1S/C15H14ClFN2O/c1-10-5-4-7-12(17)15(10)18-9-14(20)19-13-8-3-2-6-11(13)16/h2-8,18H,9H2,1H3,(H,19,20).